The predicted octanol–water partition coefficient (Wildman–Crippen LogP) is 1.67. The van der Waals surface area contributed by atoms with E-state index in [1.807, 2.05) is 6.07 Å². The number of nitrogens with zero attached hydrogens (tertiary/aromatic N) is 3. The number of nitriles is 1. The topological polar surface area (TPSA) is 115 Å². The standard InChI is InChI=1S/C15H11F2N5O2/c1-6(13(16)17)7-2-8(7)9-3-11(21-22-12(9)4-18)10-5-19-15(24)20-14(10)23/h3,5,7-8H,2H2,1H3,(H2,19,20,23,24)/t7-,8+/m1/s1. The Labute approximate surface area is 133 Å². The molecule has 0 spiro atoms. The molecule has 24 heavy (non-hydrogen) atoms. The Hall–Kier alpha value is -3.15. The normalized spacial score (nSPS) is 18.8. The van der Waals surface area contributed by atoms with Crippen LogP contribution in [-0.2, 0) is 0 Å². The van der Waals surface area contributed by atoms with Crippen molar-refractivity contribution in [3.8, 4) is 17.3 Å². The summed E-state index contributed by atoms with van der Waals surface area (Å²) >= 11 is 0. The molecule has 9 heteroatoms. The molecule has 3 rings (SSSR count). The van der Waals surface area contributed by atoms with Crippen molar-refractivity contribution in [3.05, 3.63) is 56.0 Å². The average Bonchev–Trinajstić information content (AvgIpc) is 3.34. The van der Waals surface area contributed by atoms with Crippen LogP contribution in [-0.4, -0.2) is 20.2 Å². The number of nitrogens with one attached hydrogen (secondary N) is 2. The van der Waals surface area contributed by atoms with Gasteiger partial charge in [0.05, 0.1) is 5.56 Å². The third kappa shape index (κ3) is 2.74. The predicted molar refractivity (Wildman–Crippen MR) is 79.2 cm³/mol. The first kappa shape index (κ1) is 15.7. The second-order valence-electron chi connectivity index (χ2n) is 5.52. The molecule has 1 aliphatic carbocycles. The molecular formula is C15H11F2N5O2. The van der Waals surface area contributed by atoms with Gasteiger partial charge in [0, 0.05) is 6.20 Å². The number of aromatic nitrogens is 4. The molecule has 2 heterocycles. The van der Waals surface area contributed by atoms with E-state index in [2.05, 4.69) is 20.2 Å². The number of rotatable bonds is 3. The van der Waals surface area contributed by atoms with Crippen LogP contribution >= 0.6 is 0 Å². The lowest BCUT2D eigenvalue weighted by molar-refractivity contribution is 0.406. The van der Waals surface area contributed by atoms with E-state index in [0.717, 1.165) is 0 Å². The third-order valence-corrected chi connectivity index (χ3v) is 4.07. The molecule has 7 nitrogen and oxygen atoms in total. The lowest BCUT2D eigenvalue weighted by Crippen LogP contribution is -2.23. The summed E-state index contributed by atoms with van der Waals surface area (Å²) in [6.07, 6.45) is -0.0525. The second kappa shape index (κ2) is 5.81. The van der Waals surface area contributed by atoms with Crippen LogP contribution in [0, 0.1) is 17.2 Å². The van der Waals surface area contributed by atoms with Crippen LogP contribution in [0.25, 0.3) is 11.3 Å². The molecule has 2 atom stereocenters. The average molecular weight is 331 g/mol. The van der Waals surface area contributed by atoms with Crippen LogP contribution in [0.1, 0.15) is 30.5 Å². The number of halogens is 2. The van der Waals surface area contributed by atoms with E-state index < -0.39 is 17.3 Å². The lowest BCUT2D eigenvalue weighted by atomic mass is 10.0. The molecular weight excluding hydrogens is 320 g/mol. The summed E-state index contributed by atoms with van der Waals surface area (Å²) < 4.78 is 25.5. The number of allylic oxidation sites excluding steroid dienone is 1. The van der Waals surface area contributed by atoms with Crippen molar-refractivity contribution >= 4 is 0 Å². The van der Waals surface area contributed by atoms with E-state index in [1.165, 1.54) is 19.2 Å². The molecule has 122 valence electrons. The van der Waals surface area contributed by atoms with Crippen LogP contribution in [0.2, 0.25) is 0 Å². The zero-order chi connectivity index (χ0) is 17.4. The minimum Gasteiger partial charge on any atom is -0.313 e. The fourth-order valence-corrected chi connectivity index (χ4v) is 2.66. The van der Waals surface area contributed by atoms with Crippen molar-refractivity contribution in [3.63, 3.8) is 0 Å². The van der Waals surface area contributed by atoms with E-state index in [0.29, 0.717) is 12.0 Å². The van der Waals surface area contributed by atoms with E-state index in [1.54, 1.807) is 0 Å². The van der Waals surface area contributed by atoms with Gasteiger partial charge in [0.2, 0.25) is 0 Å². The zero-order valence-electron chi connectivity index (χ0n) is 12.4. The van der Waals surface area contributed by atoms with Gasteiger partial charge in [-0.25, -0.2) is 4.79 Å². The quantitative estimate of drug-likeness (QED) is 0.887. The lowest BCUT2D eigenvalue weighted by Gasteiger charge is -2.05. The highest BCUT2D eigenvalue weighted by Crippen LogP contribution is 2.53. The molecule has 0 unspecified atom stereocenters. The zero-order valence-corrected chi connectivity index (χ0v) is 12.4. The molecule has 0 aromatic carbocycles. The fourth-order valence-electron chi connectivity index (χ4n) is 2.66. The van der Waals surface area contributed by atoms with Gasteiger partial charge in [0.25, 0.3) is 11.6 Å². The highest BCUT2D eigenvalue weighted by Gasteiger charge is 2.43. The minimum absolute atomic E-state index is 0.0101. The highest BCUT2D eigenvalue weighted by molar-refractivity contribution is 5.58. The first-order valence-corrected chi connectivity index (χ1v) is 7.04. The first-order chi connectivity index (χ1) is 11.4. The summed E-state index contributed by atoms with van der Waals surface area (Å²) in [5.74, 6) is -0.620. The minimum atomic E-state index is -1.72. The molecule has 0 saturated heterocycles. The van der Waals surface area contributed by atoms with Crippen molar-refractivity contribution in [1.29, 1.82) is 5.26 Å². The van der Waals surface area contributed by atoms with E-state index >= 15 is 0 Å². The Morgan fingerprint density at radius 2 is 2.12 bits per heavy atom. The summed E-state index contributed by atoms with van der Waals surface area (Å²) in [4.78, 5) is 27.3. The Bertz CT molecular complexity index is 998. The number of aromatic amines is 2. The van der Waals surface area contributed by atoms with Gasteiger partial charge in [-0.3, -0.25) is 9.78 Å². The summed E-state index contributed by atoms with van der Waals surface area (Å²) in [6.45, 7) is 1.36. The van der Waals surface area contributed by atoms with Crippen molar-refractivity contribution in [2.45, 2.75) is 19.3 Å². The second-order valence-corrected chi connectivity index (χ2v) is 5.52. The summed E-state index contributed by atoms with van der Waals surface area (Å²) in [6, 6.07) is 3.38. The molecule has 0 amide bonds. The molecule has 2 aromatic rings. The Morgan fingerprint density at radius 3 is 2.75 bits per heavy atom. The molecule has 1 fully saturated rings. The maximum absolute atomic E-state index is 12.7. The molecule has 1 aliphatic rings. The summed E-state index contributed by atoms with van der Waals surface area (Å²) in [7, 11) is 0. The molecule has 0 radical (unpaired) electrons. The first-order valence-electron chi connectivity index (χ1n) is 7.04. The van der Waals surface area contributed by atoms with E-state index in [9.17, 15) is 18.4 Å². The SMILES string of the molecule is CC(=C(F)F)[C@H]1C[C@@H]1c1cc(-c2c[nH]c(=O)[nH]c2=O)nnc1C#N. The third-order valence-electron chi connectivity index (χ3n) is 4.07. The number of hydrogen-bond donors (Lipinski definition) is 2. The van der Waals surface area contributed by atoms with Gasteiger partial charge < -0.3 is 4.98 Å². The van der Waals surface area contributed by atoms with Gasteiger partial charge in [0.1, 0.15) is 11.8 Å². The van der Waals surface area contributed by atoms with Crippen molar-refractivity contribution < 1.29 is 8.78 Å². The maximum atomic E-state index is 12.7. The van der Waals surface area contributed by atoms with Gasteiger partial charge in [-0.15, -0.1) is 10.2 Å². The highest BCUT2D eigenvalue weighted by atomic mass is 19.3. The number of H-pyrrole nitrogens is 2. The smallest absolute Gasteiger partial charge is 0.313 e. The molecule has 0 bridgehead atoms. The van der Waals surface area contributed by atoms with Crippen molar-refractivity contribution in [2.75, 3.05) is 0 Å². The summed E-state index contributed by atoms with van der Waals surface area (Å²) in [5.41, 5.74) is -0.570. The van der Waals surface area contributed by atoms with Gasteiger partial charge in [-0.2, -0.15) is 14.0 Å². The number of hydrogen-bond acceptors (Lipinski definition) is 5. The maximum Gasteiger partial charge on any atom is 0.325 e. The van der Waals surface area contributed by atoms with Crippen LogP contribution in [0.4, 0.5) is 8.78 Å². The van der Waals surface area contributed by atoms with Gasteiger partial charge in [0.15, 0.2) is 5.69 Å². The van der Waals surface area contributed by atoms with E-state index in [4.69, 9.17) is 5.26 Å². The fraction of sp³-hybridized carbons (Fsp3) is 0.267. The van der Waals surface area contributed by atoms with E-state index in [-0.39, 0.29) is 34.4 Å². The van der Waals surface area contributed by atoms with Crippen LogP contribution < -0.4 is 11.2 Å². The monoisotopic (exact) mass is 331 g/mol. The van der Waals surface area contributed by atoms with Gasteiger partial charge in [-0.05, 0) is 42.4 Å². The van der Waals surface area contributed by atoms with Gasteiger partial charge >= 0.3 is 5.69 Å². The van der Waals surface area contributed by atoms with Gasteiger partial charge in [-0.1, -0.05) is 0 Å². The van der Waals surface area contributed by atoms with Crippen LogP contribution in [0.3, 0.4) is 0 Å². The molecule has 2 N–H and O–H groups in total. The van der Waals surface area contributed by atoms with Crippen molar-refractivity contribution in [2.24, 2.45) is 5.92 Å². The molecule has 1 saturated carbocycles. The summed E-state index contributed by atoms with van der Waals surface area (Å²) in [5, 5.41) is 16.7. The largest absolute Gasteiger partial charge is 0.325 e. The van der Waals surface area contributed by atoms with Crippen LogP contribution in [0.5, 0.6) is 0 Å². The Balaban J connectivity index is 2.05. The Morgan fingerprint density at radius 1 is 1.38 bits per heavy atom. The molecule has 2 aromatic heterocycles. The molecule has 0 aliphatic heterocycles. The van der Waals surface area contributed by atoms with Crippen molar-refractivity contribution in [1.82, 2.24) is 20.2 Å². The van der Waals surface area contributed by atoms with Crippen LogP contribution in [0.15, 0.2) is 33.5 Å². The Kier molecular flexibility index (Phi) is 3.81.